The fourth-order valence-corrected chi connectivity index (χ4v) is 7.98. The van der Waals surface area contributed by atoms with E-state index in [0.717, 1.165) is 28.3 Å². The molecule has 3 nitrogen and oxygen atoms in total. The minimum absolute atomic E-state index is 0.0276. The van der Waals surface area contributed by atoms with Crippen molar-refractivity contribution in [1.82, 2.24) is 9.47 Å². The number of hydrogen-bond donors (Lipinski definition) is 0. The van der Waals surface area contributed by atoms with Gasteiger partial charge in [0.1, 0.15) is 5.84 Å². The maximum Gasteiger partial charge on any atom is 0.137 e. The Hall–Kier alpha value is -6.45. The van der Waals surface area contributed by atoms with Crippen molar-refractivity contribution in [2.75, 3.05) is 7.05 Å². The number of amidine groups is 1. The number of likely N-dealkylation sites (N-methyl/N-ethyl adjacent to an activating group) is 1. The van der Waals surface area contributed by atoms with Gasteiger partial charge in [-0.25, -0.2) is 4.99 Å². The molecule has 8 aromatic carbocycles. The lowest BCUT2D eigenvalue weighted by Gasteiger charge is -2.33. The van der Waals surface area contributed by atoms with Crippen molar-refractivity contribution in [3.8, 4) is 5.69 Å². The normalized spacial score (nSPS) is 14.9. The van der Waals surface area contributed by atoms with E-state index in [-0.39, 0.29) is 6.04 Å². The molecule has 0 spiro atoms. The Kier molecular flexibility index (Phi) is 6.47. The minimum Gasteiger partial charge on any atom is -0.349 e. The molecule has 0 radical (unpaired) electrons. The summed E-state index contributed by atoms with van der Waals surface area (Å²) in [5, 5.41) is 10.1. The molecule has 1 aliphatic rings. The van der Waals surface area contributed by atoms with Crippen molar-refractivity contribution in [2.24, 2.45) is 4.99 Å². The van der Waals surface area contributed by atoms with Crippen LogP contribution in [0, 0.1) is 0 Å². The minimum atomic E-state index is 0.0276. The van der Waals surface area contributed by atoms with Crippen LogP contribution in [0.1, 0.15) is 22.7 Å². The molecule has 0 aliphatic carbocycles. The number of hydrogen-bond acceptors (Lipinski definition) is 2. The van der Waals surface area contributed by atoms with E-state index in [9.17, 15) is 0 Å². The average Bonchev–Trinajstić information content (AvgIpc) is 3.54. The van der Waals surface area contributed by atoms with Gasteiger partial charge in [0.2, 0.25) is 0 Å². The van der Waals surface area contributed by atoms with Crippen molar-refractivity contribution < 1.29 is 0 Å². The van der Waals surface area contributed by atoms with Crippen LogP contribution in [-0.2, 0) is 0 Å². The first kappa shape index (κ1) is 28.6. The number of nitrogens with zero attached hydrogens (tertiary/aromatic N) is 3. The van der Waals surface area contributed by atoms with Crippen LogP contribution in [0.4, 0.5) is 0 Å². The van der Waals surface area contributed by atoms with Crippen LogP contribution in [0.15, 0.2) is 181 Å². The number of benzene rings is 8. The third kappa shape index (κ3) is 4.48. The Morgan fingerprint density at radius 2 is 1.08 bits per heavy atom. The second-order valence-corrected chi connectivity index (χ2v) is 13.3. The molecule has 3 heteroatoms. The molecule has 0 amide bonds. The molecule has 50 heavy (non-hydrogen) atoms. The van der Waals surface area contributed by atoms with Crippen molar-refractivity contribution in [3.63, 3.8) is 0 Å². The highest BCUT2D eigenvalue weighted by molar-refractivity contribution is 6.28. The lowest BCUT2D eigenvalue weighted by Crippen LogP contribution is -2.33. The third-order valence-electron chi connectivity index (χ3n) is 10.4. The monoisotopic (exact) mass is 639 g/mol. The van der Waals surface area contributed by atoms with E-state index >= 15 is 0 Å². The molecule has 1 aromatic heterocycles. The van der Waals surface area contributed by atoms with Crippen LogP contribution >= 0.6 is 0 Å². The molecule has 0 N–H and O–H groups in total. The molecule has 2 heterocycles. The summed E-state index contributed by atoms with van der Waals surface area (Å²) in [6.45, 7) is 0. The van der Waals surface area contributed by atoms with Crippen LogP contribution in [-0.4, -0.2) is 22.4 Å². The third-order valence-corrected chi connectivity index (χ3v) is 10.4. The molecular weight excluding hydrogens is 607 g/mol. The fraction of sp³-hybridized carbons (Fsp3) is 0.0426. The number of aliphatic imine (C=N–C) groups is 1. The van der Waals surface area contributed by atoms with Gasteiger partial charge in [0.15, 0.2) is 0 Å². The van der Waals surface area contributed by atoms with E-state index in [0.29, 0.717) is 0 Å². The standard InChI is InChI=1S/C47H33N3/c1-49-44(34-15-3-2-4-16-34)30-41(36-23-22-31-12-5-6-17-35(31)28-36)48-47(49)37-18-11-19-38(29-37)50-42-26-24-32-13-7-9-20-39(32)45(42)46-40-21-10-8-14-33(40)25-27-43(46)50/h2-30,44H,1H3. The summed E-state index contributed by atoms with van der Waals surface area (Å²) >= 11 is 0. The summed E-state index contributed by atoms with van der Waals surface area (Å²) in [4.78, 5) is 7.72. The van der Waals surface area contributed by atoms with Gasteiger partial charge in [-0.1, -0.05) is 140 Å². The highest BCUT2D eigenvalue weighted by Gasteiger charge is 2.26. The Bertz CT molecular complexity index is 2750. The molecule has 0 saturated carbocycles. The quantitative estimate of drug-likeness (QED) is 0.188. The summed E-state index contributed by atoms with van der Waals surface area (Å²) in [5.41, 5.74) is 7.93. The van der Waals surface area contributed by atoms with Gasteiger partial charge >= 0.3 is 0 Å². The summed E-state index contributed by atoms with van der Waals surface area (Å²) < 4.78 is 2.44. The van der Waals surface area contributed by atoms with Crippen molar-refractivity contribution >= 4 is 65.7 Å². The SMILES string of the molecule is CN1C(c2cccc(-n3c4ccc5ccccc5c4c4c5ccccc5ccc43)c2)=NC(c2ccc3ccccc3c2)=CC1c1ccccc1. The maximum absolute atomic E-state index is 5.41. The lowest BCUT2D eigenvalue weighted by molar-refractivity contribution is 0.435. The maximum atomic E-state index is 5.41. The number of fused-ring (bicyclic) bond motifs is 8. The Morgan fingerprint density at radius 1 is 0.480 bits per heavy atom. The molecule has 0 bridgehead atoms. The second-order valence-electron chi connectivity index (χ2n) is 13.3. The smallest absolute Gasteiger partial charge is 0.137 e. The average molecular weight is 640 g/mol. The molecule has 1 aliphatic heterocycles. The van der Waals surface area contributed by atoms with E-state index in [4.69, 9.17) is 4.99 Å². The van der Waals surface area contributed by atoms with Crippen molar-refractivity contribution in [1.29, 1.82) is 0 Å². The van der Waals surface area contributed by atoms with Gasteiger partial charge in [-0.15, -0.1) is 0 Å². The first-order valence-corrected chi connectivity index (χ1v) is 17.2. The summed E-state index contributed by atoms with van der Waals surface area (Å²) in [5.74, 6) is 0.947. The molecule has 0 fully saturated rings. The zero-order valence-corrected chi connectivity index (χ0v) is 27.7. The van der Waals surface area contributed by atoms with Gasteiger partial charge in [0, 0.05) is 34.6 Å². The topological polar surface area (TPSA) is 20.5 Å². The summed E-state index contributed by atoms with van der Waals surface area (Å²) in [6, 6.07) is 61.4. The lowest BCUT2D eigenvalue weighted by atomic mass is 9.97. The fourth-order valence-electron chi connectivity index (χ4n) is 7.98. The van der Waals surface area contributed by atoms with Gasteiger partial charge in [-0.2, -0.15) is 0 Å². The van der Waals surface area contributed by atoms with Gasteiger partial charge in [0.05, 0.1) is 22.8 Å². The first-order chi connectivity index (χ1) is 24.7. The molecule has 9 aromatic rings. The van der Waals surface area contributed by atoms with Crippen molar-refractivity contribution in [3.05, 3.63) is 193 Å². The van der Waals surface area contributed by atoms with Crippen LogP contribution in [0.5, 0.6) is 0 Å². The van der Waals surface area contributed by atoms with Crippen molar-refractivity contribution in [2.45, 2.75) is 6.04 Å². The molecule has 10 rings (SSSR count). The van der Waals surface area contributed by atoms with Crippen LogP contribution in [0.25, 0.3) is 65.5 Å². The molecular formula is C47H33N3. The highest BCUT2D eigenvalue weighted by atomic mass is 15.2. The predicted octanol–water partition coefficient (Wildman–Crippen LogP) is 11.7. The zero-order chi connectivity index (χ0) is 33.2. The van der Waals surface area contributed by atoms with Gasteiger partial charge in [-0.3, -0.25) is 0 Å². The van der Waals surface area contributed by atoms with Gasteiger partial charge < -0.3 is 9.47 Å². The predicted molar refractivity (Wildman–Crippen MR) is 211 cm³/mol. The van der Waals surface area contributed by atoms with Crippen LogP contribution in [0.3, 0.4) is 0 Å². The Labute approximate surface area is 290 Å². The first-order valence-electron chi connectivity index (χ1n) is 17.2. The Morgan fingerprint density at radius 3 is 1.78 bits per heavy atom. The van der Waals surface area contributed by atoms with Gasteiger partial charge in [-0.05, 0) is 74.3 Å². The molecule has 1 atom stereocenters. The van der Waals surface area contributed by atoms with E-state index in [2.05, 4.69) is 192 Å². The second kappa shape index (κ2) is 11.3. The highest BCUT2D eigenvalue weighted by Crippen LogP contribution is 2.41. The zero-order valence-electron chi connectivity index (χ0n) is 27.7. The molecule has 236 valence electrons. The number of rotatable bonds is 4. The van der Waals surface area contributed by atoms with E-state index in [1.54, 1.807) is 0 Å². The largest absolute Gasteiger partial charge is 0.349 e. The summed E-state index contributed by atoms with van der Waals surface area (Å²) in [6.07, 6.45) is 2.30. The molecule has 0 saturated heterocycles. The van der Waals surface area contributed by atoms with Crippen LogP contribution in [0.2, 0.25) is 0 Å². The molecule has 1 unspecified atom stereocenters. The summed E-state index contributed by atoms with van der Waals surface area (Å²) in [7, 11) is 2.16. The van der Waals surface area contributed by atoms with Crippen LogP contribution < -0.4 is 0 Å². The van der Waals surface area contributed by atoms with Gasteiger partial charge in [0.25, 0.3) is 0 Å². The van der Waals surface area contributed by atoms with E-state index in [1.807, 2.05) is 0 Å². The van der Waals surface area contributed by atoms with E-state index in [1.165, 1.54) is 59.7 Å². The van der Waals surface area contributed by atoms with E-state index < -0.39 is 0 Å². The Balaban J connectivity index is 1.19. The number of aromatic nitrogens is 1.